The molecule has 1 aromatic heterocycles. The van der Waals surface area contributed by atoms with Crippen LogP contribution >= 0.6 is 0 Å². The minimum atomic E-state index is -0.290. The maximum absolute atomic E-state index is 12.4. The van der Waals surface area contributed by atoms with Crippen LogP contribution in [-0.2, 0) is 0 Å². The Morgan fingerprint density at radius 2 is 1.71 bits per heavy atom. The molecule has 5 nitrogen and oxygen atoms in total. The molecule has 1 heterocycles. The molecule has 0 atom stereocenters. The lowest BCUT2D eigenvalue weighted by Crippen LogP contribution is -2.16. The molecule has 0 aliphatic heterocycles. The van der Waals surface area contributed by atoms with E-state index in [2.05, 4.69) is 10.1 Å². The Morgan fingerprint density at radius 1 is 1.05 bits per heavy atom. The van der Waals surface area contributed by atoms with E-state index >= 15 is 0 Å². The number of hydrogen-bond donors (Lipinski definition) is 1. The summed E-state index contributed by atoms with van der Waals surface area (Å²) in [6, 6.07) is 16.7. The Hall–Kier alpha value is -2.95. The molecule has 2 N–H and O–H groups in total. The van der Waals surface area contributed by atoms with E-state index in [1.54, 1.807) is 12.1 Å². The highest BCUT2D eigenvalue weighted by Gasteiger charge is 2.16. The summed E-state index contributed by atoms with van der Waals surface area (Å²) >= 11 is 0. The molecule has 0 bridgehead atoms. The molecule has 3 rings (SSSR count). The summed E-state index contributed by atoms with van der Waals surface area (Å²) < 4.78 is 1.13. The topological polar surface area (TPSA) is 73.8 Å². The van der Waals surface area contributed by atoms with Crippen LogP contribution in [0.5, 0.6) is 0 Å². The lowest BCUT2D eigenvalue weighted by atomic mass is 10.1. The smallest absolute Gasteiger partial charge is 0.281 e. The number of rotatable bonds is 2. The molecule has 2 aromatic carbocycles. The normalized spacial score (nSPS) is 10.5. The third-order valence-corrected chi connectivity index (χ3v) is 3.16. The molecule has 0 unspecified atom stereocenters. The van der Waals surface area contributed by atoms with Crippen molar-refractivity contribution in [2.45, 2.75) is 6.92 Å². The van der Waals surface area contributed by atoms with Crippen molar-refractivity contribution in [3.05, 3.63) is 65.7 Å². The Morgan fingerprint density at radius 3 is 2.38 bits per heavy atom. The maximum atomic E-state index is 12.4. The van der Waals surface area contributed by atoms with Crippen molar-refractivity contribution in [2.24, 2.45) is 0 Å². The standard InChI is InChI=1S/C16H14N4O/c1-11-7-9-13(10-8-11)15(21)20-16(17)18-14(19-20)12-5-3-2-4-6-12/h2-10H,1H3,(H2,17,18,19). The number of aromatic nitrogens is 3. The van der Waals surface area contributed by atoms with E-state index in [0.717, 1.165) is 15.8 Å². The fraction of sp³-hybridized carbons (Fsp3) is 0.0625. The van der Waals surface area contributed by atoms with Crippen LogP contribution < -0.4 is 5.73 Å². The second-order valence-electron chi connectivity index (χ2n) is 4.74. The third kappa shape index (κ3) is 2.53. The van der Waals surface area contributed by atoms with Gasteiger partial charge in [-0.05, 0) is 19.1 Å². The Balaban J connectivity index is 1.98. The molecule has 21 heavy (non-hydrogen) atoms. The van der Waals surface area contributed by atoms with Crippen molar-refractivity contribution >= 4 is 11.9 Å². The van der Waals surface area contributed by atoms with E-state index in [4.69, 9.17) is 5.73 Å². The first-order chi connectivity index (χ1) is 10.1. The molecule has 5 heteroatoms. The number of hydrogen-bond acceptors (Lipinski definition) is 4. The van der Waals surface area contributed by atoms with E-state index in [9.17, 15) is 4.79 Å². The van der Waals surface area contributed by atoms with Crippen molar-refractivity contribution in [1.82, 2.24) is 14.8 Å². The summed E-state index contributed by atoms with van der Waals surface area (Å²) in [6.45, 7) is 1.96. The maximum Gasteiger partial charge on any atom is 0.281 e. The van der Waals surface area contributed by atoms with Crippen LogP contribution in [0.1, 0.15) is 15.9 Å². The van der Waals surface area contributed by atoms with Gasteiger partial charge < -0.3 is 5.73 Å². The van der Waals surface area contributed by atoms with Gasteiger partial charge in [0, 0.05) is 11.1 Å². The summed E-state index contributed by atoms with van der Waals surface area (Å²) in [5, 5.41) is 4.21. The zero-order valence-electron chi connectivity index (χ0n) is 11.5. The molecule has 104 valence electrons. The van der Waals surface area contributed by atoms with Gasteiger partial charge in [0.2, 0.25) is 5.95 Å². The Bertz CT molecular complexity index is 776. The van der Waals surface area contributed by atoms with Gasteiger partial charge in [-0.3, -0.25) is 4.79 Å². The van der Waals surface area contributed by atoms with Gasteiger partial charge in [-0.2, -0.15) is 9.67 Å². The van der Waals surface area contributed by atoms with E-state index in [-0.39, 0.29) is 11.9 Å². The van der Waals surface area contributed by atoms with E-state index < -0.39 is 0 Å². The van der Waals surface area contributed by atoms with Gasteiger partial charge in [0.25, 0.3) is 5.91 Å². The van der Waals surface area contributed by atoms with Gasteiger partial charge >= 0.3 is 0 Å². The minimum absolute atomic E-state index is 0.0828. The first-order valence-electron chi connectivity index (χ1n) is 6.54. The van der Waals surface area contributed by atoms with Crippen LogP contribution in [0.4, 0.5) is 5.95 Å². The van der Waals surface area contributed by atoms with Gasteiger partial charge in [0.05, 0.1) is 0 Å². The molecule has 0 fully saturated rings. The average molecular weight is 278 g/mol. The average Bonchev–Trinajstić information content (AvgIpc) is 2.90. The molecule has 0 spiro atoms. The summed E-state index contributed by atoms with van der Waals surface area (Å²) in [6.07, 6.45) is 0. The lowest BCUT2D eigenvalue weighted by Gasteiger charge is -2.01. The van der Waals surface area contributed by atoms with Crippen molar-refractivity contribution in [3.8, 4) is 11.4 Å². The number of nitrogens with zero attached hydrogens (tertiary/aromatic N) is 3. The van der Waals surface area contributed by atoms with Gasteiger partial charge in [-0.1, -0.05) is 48.0 Å². The van der Waals surface area contributed by atoms with Crippen molar-refractivity contribution < 1.29 is 4.79 Å². The number of nitrogen functional groups attached to an aromatic ring is 1. The quantitative estimate of drug-likeness (QED) is 0.781. The van der Waals surface area contributed by atoms with Crippen LogP contribution in [0.15, 0.2) is 54.6 Å². The van der Waals surface area contributed by atoms with Crippen LogP contribution in [0.2, 0.25) is 0 Å². The molecular weight excluding hydrogens is 264 g/mol. The first-order valence-corrected chi connectivity index (χ1v) is 6.54. The van der Waals surface area contributed by atoms with Crippen molar-refractivity contribution in [3.63, 3.8) is 0 Å². The molecule has 0 amide bonds. The summed E-state index contributed by atoms with van der Waals surface area (Å²) in [5.41, 5.74) is 8.25. The number of nitrogens with two attached hydrogens (primary N) is 1. The van der Waals surface area contributed by atoms with Crippen LogP contribution in [0, 0.1) is 6.92 Å². The van der Waals surface area contributed by atoms with Crippen LogP contribution in [-0.4, -0.2) is 20.7 Å². The molecule has 0 aliphatic carbocycles. The second kappa shape index (κ2) is 5.20. The number of aryl methyl sites for hydroxylation is 1. The molecular formula is C16H14N4O. The summed E-state index contributed by atoms with van der Waals surface area (Å²) in [4.78, 5) is 16.6. The number of benzene rings is 2. The van der Waals surface area contributed by atoms with E-state index in [1.165, 1.54) is 0 Å². The molecule has 0 aliphatic rings. The fourth-order valence-corrected chi connectivity index (χ4v) is 2.00. The fourth-order valence-electron chi connectivity index (χ4n) is 2.00. The number of carbonyl (C=O) groups is 1. The summed E-state index contributed by atoms with van der Waals surface area (Å²) in [5.74, 6) is 0.232. The zero-order chi connectivity index (χ0) is 14.8. The highest BCUT2D eigenvalue weighted by atomic mass is 16.2. The Kier molecular flexibility index (Phi) is 3.23. The minimum Gasteiger partial charge on any atom is -0.368 e. The predicted octanol–water partition coefficient (Wildman–Crippen LogP) is 2.52. The lowest BCUT2D eigenvalue weighted by molar-refractivity contribution is 0.0948. The van der Waals surface area contributed by atoms with E-state index in [1.807, 2.05) is 49.4 Å². The van der Waals surface area contributed by atoms with Gasteiger partial charge in [0.15, 0.2) is 5.82 Å². The Labute approximate surface area is 122 Å². The highest BCUT2D eigenvalue weighted by Crippen LogP contribution is 2.17. The molecule has 3 aromatic rings. The zero-order valence-corrected chi connectivity index (χ0v) is 11.5. The largest absolute Gasteiger partial charge is 0.368 e. The molecule has 0 saturated carbocycles. The number of anilines is 1. The highest BCUT2D eigenvalue weighted by molar-refractivity contribution is 5.96. The molecule has 0 saturated heterocycles. The van der Waals surface area contributed by atoms with Crippen LogP contribution in [0.25, 0.3) is 11.4 Å². The number of carbonyl (C=O) groups excluding carboxylic acids is 1. The van der Waals surface area contributed by atoms with Crippen LogP contribution in [0.3, 0.4) is 0 Å². The molecule has 0 radical (unpaired) electrons. The van der Waals surface area contributed by atoms with Gasteiger partial charge in [-0.15, -0.1) is 5.10 Å². The third-order valence-electron chi connectivity index (χ3n) is 3.16. The van der Waals surface area contributed by atoms with E-state index in [0.29, 0.717) is 11.4 Å². The first kappa shape index (κ1) is 13.1. The van der Waals surface area contributed by atoms with Gasteiger partial charge in [0.1, 0.15) is 0 Å². The monoisotopic (exact) mass is 278 g/mol. The van der Waals surface area contributed by atoms with Crippen molar-refractivity contribution in [1.29, 1.82) is 0 Å². The predicted molar refractivity (Wildman–Crippen MR) is 80.8 cm³/mol. The van der Waals surface area contributed by atoms with Gasteiger partial charge in [-0.25, -0.2) is 0 Å². The second-order valence-corrected chi connectivity index (χ2v) is 4.74. The SMILES string of the molecule is Cc1ccc(C(=O)n2nc(-c3ccccc3)nc2N)cc1. The van der Waals surface area contributed by atoms with Crippen molar-refractivity contribution in [2.75, 3.05) is 5.73 Å². The summed E-state index contributed by atoms with van der Waals surface area (Å²) in [7, 11) is 0.